The van der Waals surface area contributed by atoms with Crippen LogP contribution >= 0.6 is 22.9 Å². The van der Waals surface area contributed by atoms with E-state index in [0.717, 1.165) is 48.4 Å². The van der Waals surface area contributed by atoms with Crippen molar-refractivity contribution < 1.29 is 5.11 Å². The third-order valence-corrected chi connectivity index (χ3v) is 4.57. The Kier molecular flexibility index (Phi) is 4.82. The zero-order valence-corrected chi connectivity index (χ0v) is 11.7. The number of thiophene rings is 1. The van der Waals surface area contributed by atoms with Crippen molar-refractivity contribution in [2.75, 3.05) is 39.8 Å². The number of rotatable bonds is 4. The number of aliphatic hydroxyl groups is 1. The second kappa shape index (κ2) is 6.16. The van der Waals surface area contributed by atoms with E-state index in [-0.39, 0.29) is 6.10 Å². The van der Waals surface area contributed by atoms with Crippen LogP contribution in [0.4, 0.5) is 0 Å². The molecule has 1 N–H and O–H groups in total. The van der Waals surface area contributed by atoms with E-state index in [1.165, 1.54) is 11.3 Å². The number of piperazine rings is 1. The van der Waals surface area contributed by atoms with Crippen molar-refractivity contribution in [1.82, 2.24) is 9.80 Å². The van der Waals surface area contributed by atoms with Crippen molar-refractivity contribution in [2.24, 2.45) is 0 Å². The Morgan fingerprint density at radius 1 is 1.35 bits per heavy atom. The van der Waals surface area contributed by atoms with Crippen molar-refractivity contribution in [2.45, 2.75) is 12.5 Å². The molecule has 0 aromatic carbocycles. The van der Waals surface area contributed by atoms with Crippen LogP contribution in [-0.2, 0) is 0 Å². The summed E-state index contributed by atoms with van der Waals surface area (Å²) in [6.07, 6.45) is 0.424. The number of hydrogen-bond donors (Lipinski definition) is 1. The standard InChI is InChI=1S/C12H19ClN2OS/c1-14-6-8-15(9-7-14)5-4-10(16)11-2-3-12(13)17-11/h2-3,10,16H,4-9H2,1H3. The maximum Gasteiger partial charge on any atom is 0.0932 e. The summed E-state index contributed by atoms with van der Waals surface area (Å²) >= 11 is 7.33. The summed E-state index contributed by atoms with van der Waals surface area (Å²) < 4.78 is 0.749. The van der Waals surface area contributed by atoms with Crippen LogP contribution in [-0.4, -0.2) is 54.7 Å². The van der Waals surface area contributed by atoms with E-state index in [1.807, 2.05) is 12.1 Å². The maximum atomic E-state index is 10.0. The normalized spacial score (nSPS) is 20.6. The molecule has 1 atom stereocenters. The predicted octanol–water partition coefficient (Wildman–Crippen LogP) is 2.07. The average molecular weight is 275 g/mol. The highest BCUT2D eigenvalue weighted by Gasteiger charge is 2.16. The third-order valence-electron chi connectivity index (χ3n) is 3.24. The Morgan fingerprint density at radius 3 is 2.65 bits per heavy atom. The van der Waals surface area contributed by atoms with Crippen LogP contribution in [0.15, 0.2) is 12.1 Å². The van der Waals surface area contributed by atoms with Gasteiger partial charge in [0.25, 0.3) is 0 Å². The molecule has 5 heteroatoms. The van der Waals surface area contributed by atoms with Gasteiger partial charge in [0, 0.05) is 37.6 Å². The fourth-order valence-corrected chi connectivity index (χ4v) is 3.11. The summed E-state index contributed by atoms with van der Waals surface area (Å²) in [4.78, 5) is 5.73. The van der Waals surface area contributed by atoms with Gasteiger partial charge in [-0.15, -0.1) is 11.3 Å². The first-order chi connectivity index (χ1) is 8.15. The maximum absolute atomic E-state index is 10.0. The van der Waals surface area contributed by atoms with Crippen LogP contribution in [0.3, 0.4) is 0 Å². The van der Waals surface area contributed by atoms with Gasteiger partial charge >= 0.3 is 0 Å². The summed E-state index contributed by atoms with van der Waals surface area (Å²) in [5.41, 5.74) is 0. The van der Waals surface area contributed by atoms with E-state index in [0.29, 0.717) is 0 Å². The molecular formula is C12H19ClN2OS. The van der Waals surface area contributed by atoms with E-state index >= 15 is 0 Å². The van der Waals surface area contributed by atoms with Gasteiger partial charge < -0.3 is 14.9 Å². The molecule has 0 amide bonds. The Hall–Kier alpha value is -0.130. The van der Waals surface area contributed by atoms with E-state index in [9.17, 15) is 5.11 Å². The van der Waals surface area contributed by atoms with E-state index in [1.54, 1.807) is 0 Å². The van der Waals surface area contributed by atoms with Crippen molar-refractivity contribution in [3.63, 3.8) is 0 Å². The quantitative estimate of drug-likeness (QED) is 0.911. The summed E-state index contributed by atoms with van der Waals surface area (Å²) in [6, 6.07) is 3.77. The summed E-state index contributed by atoms with van der Waals surface area (Å²) in [5, 5.41) is 10.0. The molecule has 3 nitrogen and oxygen atoms in total. The predicted molar refractivity (Wildman–Crippen MR) is 72.8 cm³/mol. The van der Waals surface area contributed by atoms with Crippen LogP contribution in [0.25, 0.3) is 0 Å². The number of likely N-dealkylation sites (N-methyl/N-ethyl adjacent to an activating group) is 1. The molecule has 2 heterocycles. The van der Waals surface area contributed by atoms with Gasteiger partial charge in [-0.05, 0) is 25.6 Å². The van der Waals surface area contributed by atoms with Gasteiger partial charge in [0.15, 0.2) is 0 Å². The molecule has 0 aliphatic carbocycles. The minimum absolute atomic E-state index is 0.368. The number of aliphatic hydroxyl groups excluding tert-OH is 1. The molecule has 96 valence electrons. The molecule has 0 saturated carbocycles. The Labute approximate surface area is 112 Å². The summed E-state index contributed by atoms with van der Waals surface area (Å²) in [5.74, 6) is 0. The van der Waals surface area contributed by atoms with Crippen molar-refractivity contribution in [1.29, 1.82) is 0 Å². The Balaban J connectivity index is 1.74. The topological polar surface area (TPSA) is 26.7 Å². The third kappa shape index (κ3) is 3.93. The number of nitrogens with zero attached hydrogens (tertiary/aromatic N) is 2. The molecule has 1 unspecified atom stereocenters. The first-order valence-electron chi connectivity index (χ1n) is 5.99. The molecular weight excluding hydrogens is 256 g/mol. The first-order valence-corrected chi connectivity index (χ1v) is 7.19. The van der Waals surface area contributed by atoms with Gasteiger partial charge in [-0.3, -0.25) is 0 Å². The van der Waals surface area contributed by atoms with Gasteiger partial charge in [-0.2, -0.15) is 0 Å². The van der Waals surface area contributed by atoms with Crippen LogP contribution in [0.1, 0.15) is 17.4 Å². The zero-order valence-electron chi connectivity index (χ0n) is 10.1. The van der Waals surface area contributed by atoms with Gasteiger partial charge in [0.2, 0.25) is 0 Å². The van der Waals surface area contributed by atoms with Gasteiger partial charge in [-0.25, -0.2) is 0 Å². The lowest BCUT2D eigenvalue weighted by Crippen LogP contribution is -2.44. The van der Waals surface area contributed by atoms with E-state index in [2.05, 4.69) is 16.8 Å². The number of halogens is 1. The largest absolute Gasteiger partial charge is 0.388 e. The summed E-state index contributed by atoms with van der Waals surface area (Å²) in [6.45, 7) is 5.43. The highest BCUT2D eigenvalue weighted by molar-refractivity contribution is 7.16. The summed E-state index contributed by atoms with van der Waals surface area (Å²) in [7, 11) is 2.15. The lowest BCUT2D eigenvalue weighted by molar-refractivity contribution is 0.114. The molecule has 0 spiro atoms. The molecule has 1 aliphatic heterocycles. The van der Waals surface area contributed by atoms with Crippen LogP contribution in [0.2, 0.25) is 4.34 Å². The molecule has 1 saturated heterocycles. The first kappa shape index (κ1) is 13.3. The van der Waals surface area contributed by atoms with Gasteiger partial charge in [-0.1, -0.05) is 11.6 Å². The fraction of sp³-hybridized carbons (Fsp3) is 0.667. The lowest BCUT2D eigenvalue weighted by Gasteiger charge is -2.32. The molecule has 1 aliphatic rings. The minimum atomic E-state index is -0.368. The van der Waals surface area contributed by atoms with E-state index in [4.69, 9.17) is 11.6 Å². The lowest BCUT2D eigenvalue weighted by atomic mass is 10.2. The second-order valence-electron chi connectivity index (χ2n) is 4.59. The molecule has 0 radical (unpaired) electrons. The SMILES string of the molecule is CN1CCN(CCC(O)c2ccc(Cl)s2)CC1. The highest BCUT2D eigenvalue weighted by Crippen LogP contribution is 2.28. The molecule has 1 fully saturated rings. The Bertz CT molecular complexity index is 350. The molecule has 1 aromatic heterocycles. The molecule has 17 heavy (non-hydrogen) atoms. The van der Waals surface area contributed by atoms with Crippen molar-refractivity contribution in [3.8, 4) is 0 Å². The fourth-order valence-electron chi connectivity index (χ4n) is 2.03. The zero-order chi connectivity index (χ0) is 12.3. The Morgan fingerprint density at radius 2 is 2.06 bits per heavy atom. The van der Waals surface area contributed by atoms with Gasteiger partial charge in [0.05, 0.1) is 10.4 Å². The molecule has 2 rings (SSSR count). The highest BCUT2D eigenvalue weighted by atomic mass is 35.5. The smallest absolute Gasteiger partial charge is 0.0932 e. The molecule has 0 bridgehead atoms. The van der Waals surface area contributed by atoms with Crippen LogP contribution in [0, 0.1) is 0 Å². The van der Waals surface area contributed by atoms with E-state index < -0.39 is 0 Å². The monoisotopic (exact) mass is 274 g/mol. The van der Waals surface area contributed by atoms with Crippen LogP contribution < -0.4 is 0 Å². The van der Waals surface area contributed by atoms with Crippen LogP contribution in [0.5, 0.6) is 0 Å². The average Bonchev–Trinajstić information content (AvgIpc) is 2.75. The second-order valence-corrected chi connectivity index (χ2v) is 6.34. The van der Waals surface area contributed by atoms with Gasteiger partial charge in [0.1, 0.15) is 0 Å². The molecule has 1 aromatic rings. The van der Waals surface area contributed by atoms with Crippen molar-refractivity contribution >= 4 is 22.9 Å². The minimum Gasteiger partial charge on any atom is -0.388 e. The number of hydrogen-bond acceptors (Lipinski definition) is 4. The van der Waals surface area contributed by atoms with Crippen molar-refractivity contribution in [3.05, 3.63) is 21.3 Å².